The molecule has 4 heteroatoms. The van der Waals surface area contributed by atoms with E-state index in [1.165, 1.54) is 16.3 Å². The number of nitrogens with one attached hydrogen (secondary N) is 1. The second-order valence-corrected chi connectivity index (χ2v) is 4.65. The summed E-state index contributed by atoms with van der Waals surface area (Å²) in [5.74, 6) is 0. The first-order valence-electron chi connectivity index (χ1n) is 3.21. The summed E-state index contributed by atoms with van der Waals surface area (Å²) >= 11 is 1.64. The Morgan fingerprint density at radius 1 is 1.64 bits per heavy atom. The molecule has 0 radical (unpaired) electrons. The minimum atomic E-state index is -0.0839. The molecule has 0 aromatic carbocycles. The highest BCUT2D eigenvalue weighted by atomic mass is 127. The minimum absolute atomic E-state index is 0.0839. The molecule has 11 heavy (non-hydrogen) atoms. The second kappa shape index (κ2) is 3.02. The number of hydrogen-bond acceptors (Lipinski definition) is 3. The molecule has 2 rings (SSSR count). The van der Waals surface area contributed by atoms with Gasteiger partial charge in [0.15, 0.2) is 0 Å². The number of thiophene rings is 1. The molecule has 0 unspecified atom stereocenters. The zero-order chi connectivity index (χ0) is 7.68. The second-order valence-electron chi connectivity index (χ2n) is 2.09. The summed E-state index contributed by atoms with van der Waals surface area (Å²) in [5, 5.41) is 6.47. The van der Waals surface area contributed by atoms with E-state index in [2.05, 4.69) is 24.0 Å². The minimum Gasteiger partial charge on any atom is -0.387 e. The number of fused-ring (bicyclic) bond motifs is 1. The van der Waals surface area contributed by atoms with Crippen molar-refractivity contribution in [1.29, 1.82) is 0 Å². The predicted octanol–water partition coefficient (Wildman–Crippen LogP) is 3.07. The lowest BCUT2D eigenvalue weighted by Gasteiger charge is -2.06. The summed E-state index contributed by atoms with van der Waals surface area (Å²) in [7, 11) is 1.96. The van der Waals surface area contributed by atoms with Crippen molar-refractivity contribution in [3.63, 3.8) is 0 Å². The fourth-order valence-electron chi connectivity index (χ4n) is 0.937. The van der Waals surface area contributed by atoms with Gasteiger partial charge in [0.1, 0.15) is 5.00 Å². The van der Waals surface area contributed by atoms with Crippen molar-refractivity contribution in [1.82, 2.24) is 5.32 Å². The Morgan fingerprint density at radius 2 is 2.55 bits per heavy atom. The van der Waals surface area contributed by atoms with E-state index in [0.717, 1.165) is 0 Å². The highest BCUT2D eigenvalue weighted by molar-refractivity contribution is 14.2. The molecular weight excluding hydrogens is 271 g/mol. The van der Waals surface area contributed by atoms with E-state index in [1.54, 1.807) is 11.3 Å². The Balaban J connectivity index is 2.55. The van der Waals surface area contributed by atoms with Crippen LogP contribution in [0.15, 0.2) is 18.7 Å². The number of hydrogen-bond donors (Lipinski definition) is 1. The Bertz CT molecular complexity index is 327. The summed E-state index contributed by atoms with van der Waals surface area (Å²) in [4.78, 5) is 0. The monoisotopic (exact) mass is 278 g/mol. The number of nitrogens with zero attached hydrogens (tertiary/aromatic N) is 1. The summed E-state index contributed by atoms with van der Waals surface area (Å²) < 4.78 is 6.68. The van der Waals surface area contributed by atoms with Gasteiger partial charge in [-0.3, -0.25) is 0 Å². The fraction of sp³-hybridized carbons (Fsp3) is 0.143. The van der Waals surface area contributed by atoms with Crippen LogP contribution in [0.3, 0.4) is 0 Å². The average Bonchev–Trinajstić information content (AvgIpc) is 2.50. The van der Waals surface area contributed by atoms with Crippen molar-refractivity contribution >= 4 is 43.1 Å². The van der Waals surface area contributed by atoms with Crippen molar-refractivity contribution < 1.29 is 0 Å². The van der Waals surface area contributed by atoms with Gasteiger partial charge in [0.2, 0.25) is 0 Å². The Hall–Kier alpha value is -0.230. The molecule has 0 spiro atoms. The molecule has 1 aromatic heterocycles. The van der Waals surface area contributed by atoms with E-state index in [-0.39, 0.29) is 21.0 Å². The highest BCUT2D eigenvalue weighted by Gasteiger charge is 2.09. The topological polar surface area (TPSA) is 24.4 Å². The lowest BCUT2D eigenvalue weighted by Crippen LogP contribution is -2.03. The predicted molar refractivity (Wildman–Crippen MR) is 57.5 cm³/mol. The van der Waals surface area contributed by atoms with Crippen LogP contribution in [0.2, 0.25) is 0 Å². The van der Waals surface area contributed by atoms with E-state index in [4.69, 9.17) is 0 Å². The van der Waals surface area contributed by atoms with Gasteiger partial charge in [-0.25, -0.2) is 3.15 Å². The molecule has 1 aromatic rings. The first-order chi connectivity index (χ1) is 5.42. The third kappa shape index (κ3) is 1.24. The Morgan fingerprint density at radius 3 is 3.36 bits per heavy atom. The first kappa shape index (κ1) is 7.42. The smallest absolute Gasteiger partial charge is 0.131 e. The first-order valence-corrected chi connectivity index (χ1v) is 6.30. The van der Waals surface area contributed by atoms with Crippen LogP contribution >= 0.6 is 32.4 Å². The van der Waals surface area contributed by atoms with Gasteiger partial charge < -0.3 is 5.32 Å². The molecule has 1 aliphatic heterocycles. The SMILES string of the molecule is CNC1=CI=Nc2sccc21. The molecule has 0 saturated carbocycles. The maximum atomic E-state index is 4.46. The van der Waals surface area contributed by atoms with Crippen LogP contribution < -0.4 is 5.32 Å². The lowest BCUT2D eigenvalue weighted by molar-refractivity contribution is 1.13. The highest BCUT2D eigenvalue weighted by Crippen LogP contribution is 2.38. The number of halogens is 1. The normalized spacial score (nSPS) is 14.8. The molecule has 2 heterocycles. The van der Waals surface area contributed by atoms with Crippen LogP contribution in [0.1, 0.15) is 5.56 Å². The van der Waals surface area contributed by atoms with Crippen molar-refractivity contribution in [3.05, 3.63) is 21.1 Å². The van der Waals surface area contributed by atoms with Crippen LogP contribution in [-0.4, -0.2) is 7.05 Å². The van der Waals surface area contributed by atoms with Gasteiger partial charge in [-0.15, -0.1) is 11.3 Å². The molecule has 0 saturated heterocycles. The molecule has 0 atom stereocenters. The molecule has 0 amide bonds. The van der Waals surface area contributed by atoms with E-state index < -0.39 is 0 Å². The van der Waals surface area contributed by atoms with Gasteiger partial charge >= 0.3 is 0 Å². The van der Waals surface area contributed by atoms with Gasteiger partial charge in [-0.2, -0.15) is 0 Å². The van der Waals surface area contributed by atoms with Gasteiger partial charge in [0.05, 0.1) is 5.70 Å². The summed E-state index contributed by atoms with van der Waals surface area (Å²) in [6.07, 6.45) is 0. The Labute approximate surface area is 79.5 Å². The van der Waals surface area contributed by atoms with Crippen molar-refractivity contribution in [2.45, 2.75) is 0 Å². The Kier molecular flexibility index (Phi) is 2.04. The van der Waals surface area contributed by atoms with Gasteiger partial charge in [0.25, 0.3) is 0 Å². The number of rotatable bonds is 1. The zero-order valence-electron chi connectivity index (χ0n) is 5.97. The molecular formula is C7H7IN2S. The van der Waals surface area contributed by atoms with Crippen molar-refractivity contribution in [2.75, 3.05) is 7.05 Å². The third-order valence-electron chi connectivity index (χ3n) is 1.49. The van der Waals surface area contributed by atoms with E-state index in [0.29, 0.717) is 0 Å². The van der Waals surface area contributed by atoms with Crippen LogP contribution in [-0.2, 0) is 0 Å². The maximum absolute atomic E-state index is 4.46. The van der Waals surface area contributed by atoms with Crippen LogP contribution in [0.25, 0.3) is 5.70 Å². The van der Waals surface area contributed by atoms with E-state index in [9.17, 15) is 0 Å². The van der Waals surface area contributed by atoms with Gasteiger partial charge in [-0.1, -0.05) is 0 Å². The standard InChI is InChI=1S/C7H7IN2S/c1-9-6-4-8-10-7-5(6)2-3-11-7/h2-4,9H,1H3. The molecule has 0 fully saturated rings. The maximum Gasteiger partial charge on any atom is 0.131 e. The quantitative estimate of drug-likeness (QED) is 0.784. The van der Waals surface area contributed by atoms with Crippen LogP contribution in [0.5, 0.6) is 0 Å². The molecule has 2 nitrogen and oxygen atoms in total. The fourth-order valence-corrected chi connectivity index (χ4v) is 3.80. The van der Waals surface area contributed by atoms with Crippen LogP contribution in [0.4, 0.5) is 5.00 Å². The van der Waals surface area contributed by atoms with Gasteiger partial charge in [0, 0.05) is 37.7 Å². The summed E-state index contributed by atoms with van der Waals surface area (Å²) in [5.41, 5.74) is 2.52. The summed E-state index contributed by atoms with van der Waals surface area (Å²) in [6.45, 7) is 0. The van der Waals surface area contributed by atoms with Crippen LogP contribution in [0, 0.1) is 0 Å². The van der Waals surface area contributed by atoms with Crippen molar-refractivity contribution in [3.8, 4) is 0 Å². The third-order valence-corrected chi connectivity index (χ3v) is 4.28. The summed E-state index contributed by atoms with van der Waals surface area (Å²) in [6, 6.07) is 2.12. The molecule has 1 aliphatic rings. The molecule has 58 valence electrons. The molecule has 0 aliphatic carbocycles. The van der Waals surface area contributed by atoms with E-state index in [1.807, 2.05) is 7.05 Å². The zero-order valence-corrected chi connectivity index (χ0v) is 8.94. The van der Waals surface area contributed by atoms with Gasteiger partial charge in [-0.05, 0) is 11.4 Å². The van der Waals surface area contributed by atoms with Crippen molar-refractivity contribution in [2.24, 2.45) is 3.15 Å². The molecule has 0 bridgehead atoms. The van der Waals surface area contributed by atoms with E-state index >= 15 is 0 Å². The lowest BCUT2D eigenvalue weighted by atomic mass is 10.2. The molecule has 1 N–H and O–H groups in total. The largest absolute Gasteiger partial charge is 0.387 e. The average molecular weight is 278 g/mol.